The highest BCUT2D eigenvalue weighted by atomic mass is 35.5. The van der Waals surface area contributed by atoms with Gasteiger partial charge < -0.3 is 0 Å². The molecule has 14 heteroatoms. The molecule has 3 rings (SSSR count). The first-order valence-electron chi connectivity index (χ1n) is 11.6. The monoisotopic (exact) mass is 610 g/mol. The van der Waals surface area contributed by atoms with Gasteiger partial charge in [0.25, 0.3) is 0 Å². The van der Waals surface area contributed by atoms with Crippen molar-refractivity contribution >= 4 is 23.2 Å². The van der Waals surface area contributed by atoms with Gasteiger partial charge in [0, 0.05) is 30.4 Å². The lowest BCUT2D eigenvalue weighted by Gasteiger charge is -2.28. The molecule has 1 aliphatic rings. The second-order valence-corrected chi connectivity index (χ2v) is 9.86. The van der Waals surface area contributed by atoms with Crippen LogP contribution in [0.15, 0.2) is 42.5 Å². The van der Waals surface area contributed by atoms with Gasteiger partial charge in [-0.1, -0.05) is 29.8 Å². The Balaban J connectivity index is 1.98. The van der Waals surface area contributed by atoms with Crippen molar-refractivity contribution in [3.05, 3.63) is 75.3 Å². The molecule has 1 nitrogen and oxygen atoms in total. The number of hydrogen-bond acceptors (Lipinski definition) is 1. The number of halogens is 13. The Morgan fingerprint density at radius 3 is 2.00 bits per heavy atom. The Kier molecular flexibility index (Phi) is 8.98. The van der Waals surface area contributed by atoms with E-state index in [-0.39, 0.29) is 31.1 Å². The molecule has 1 saturated carbocycles. The Morgan fingerprint density at radius 1 is 0.900 bits per heavy atom. The van der Waals surface area contributed by atoms with Crippen LogP contribution in [-0.2, 0) is 12.4 Å². The van der Waals surface area contributed by atoms with Gasteiger partial charge in [-0.25, -0.2) is 13.2 Å². The number of rotatable bonds is 6. The molecule has 0 heterocycles. The SMILES string of the molecule is O=C(CC1CCC(F)(F)CC1)c1ccc(/C(F)=C/C(c2ccc(Cl)c(C(F)(F)F)c2)C(F)(F)F)cc1C(F)(F)F. The first-order chi connectivity index (χ1) is 18.2. The van der Waals surface area contributed by atoms with Gasteiger partial charge in [0.1, 0.15) is 11.7 Å². The number of alkyl halides is 11. The minimum absolute atomic E-state index is 0.0638. The fraction of sp³-hybridized carbons (Fsp3) is 0.423. The second-order valence-electron chi connectivity index (χ2n) is 9.46. The fourth-order valence-corrected chi connectivity index (χ4v) is 4.65. The van der Waals surface area contributed by atoms with Crippen LogP contribution in [0.1, 0.15) is 70.6 Å². The van der Waals surface area contributed by atoms with Crippen molar-refractivity contribution in [1.29, 1.82) is 0 Å². The minimum Gasteiger partial charge on any atom is -0.294 e. The van der Waals surface area contributed by atoms with Gasteiger partial charge in [-0.05, 0) is 48.6 Å². The summed E-state index contributed by atoms with van der Waals surface area (Å²) in [6.45, 7) is 0. The number of Topliss-reactive ketones (excluding diaryl/α,β-unsaturated/α-hetero) is 1. The summed E-state index contributed by atoms with van der Waals surface area (Å²) in [5, 5.41) is -0.918. The third-order valence-electron chi connectivity index (χ3n) is 6.53. The summed E-state index contributed by atoms with van der Waals surface area (Å²) in [7, 11) is 0. The van der Waals surface area contributed by atoms with Crippen LogP contribution in [0.2, 0.25) is 5.02 Å². The summed E-state index contributed by atoms with van der Waals surface area (Å²) in [6, 6.07) is 2.47. The molecule has 40 heavy (non-hydrogen) atoms. The Labute approximate surface area is 224 Å². The zero-order valence-corrected chi connectivity index (χ0v) is 20.8. The van der Waals surface area contributed by atoms with Crippen molar-refractivity contribution in [2.75, 3.05) is 0 Å². The Bertz CT molecular complexity index is 1260. The molecule has 0 spiro atoms. The normalized spacial score (nSPS) is 18.1. The Hall–Kier alpha value is -2.70. The molecule has 1 unspecified atom stereocenters. The van der Waals surface area contributed by atoms with Crippen molar-refractivity contribution in [2.45, 2.75) is 62.5 Å². The summed E-state index contributed by atoms with van der Waals surface area (Å²) in [6.07, 6.45) is -17.7. The average molecular weight is 611 g/mol. The van der Waals surface area contributed by atoms with Gasteiger partial charge in [-0.3, -0.25) is 4.79 Å². The highest BCUT2D eigenvalue weighted by Crippen LogP contribution is 2.43. The van der Waals surface area contributed by atoms with Crippen LogP contribution in [0.4, 0.5) is 52.7 Å². The van der Waals surface area contributed by atoms with Gasteiger partial charge in [-0.15, -0.1) is 0 Å². The summed E-state index contributed by atoms with van der Waals surface area (Å²) in [5.74, 6) is -9.45. The molecule has 1 aliphatic carbocycles. The first-order valence-corrected chi connectivity index (χ1v) is 12.0. The number of hydrogen-bond donors (Lipinski definition) is 0. The maximum atomic E-state index is 15.0. The largest absolute Gasteiger partial charge is 0.417 e. The van der Waals surface area contributed by atoms with Gasteiger partial charge in [0.2, 0.25) is 5.92 Å². The zero-order valence-electron chi connectivity index (χ0n) is 20.1. The molecule has 2 aromatic rings. The standard InChI is InChI=1S/C26H19ClF12O/c27-20-4-2-14(10-19(20)26(37,38)39)17(24(31,32)33)12-21(28)15-1-3-16(18(11-15)25(34,35)36)22(40)9-13-5-7-23(29,30)8-6-13/h1-4,10-13,17H,5-9H2/b21-12-. The molecule has 220 valence electrons. The number of ketones is 1. The molecule has 2 aromatic carbocycles. The summed E-state index contributed by atoms with van der Waals surface area (Å²) in [5.41, 5.74) is -6.28. The van der Waals surface area contributed by atoms with E-state index in [1.54, 1.807) is 0 Å². The zero-order chi connectivity index (χ0) is 30.3. The average Bonchev–Trinajstić information content (AvgIpc) is 2.82. The molecule has 1 fully saturated rings. The number of allylic oxidation sites excluding steroid dienone is 1. The maximum absolute atomic E-state index is 15.0. The van der Waals surface area contributed by atoms with Crippen LogP contribution in [0.5, 0.6) is 0 Å². The van der Waals surface area contributed by atoms with Crippen molar-refractivity contribution in [2.24, 2.45) is 5.92 Å². The van der Waals surface area contributed by atoms with E-state index >= 15 is 0 Å². The van der Waals surface area contributed by atoms with Crippen LogP contribution >= 0.6 is 11.6 Å². The number of carbonyl (C=O) groups is 1. The third-order valence-corrected chi connectivity index (χ3v) is 6.86. The van der Waals surface area contributed by atoms with E-state index in [2.05, 4.69) is 0 Å². The lowest BCUT2D eigenvalue weighted by molar-refractivity contribution is -0.142. The molecule has 0 radical (unpaired) electrons. The van der Waals surface area contributed by atoms with Crippen molar-refractivity contribution in [1.82, 2.24) is 0 Å². The molecule has 0 saturated heterocycles. The molecule has 0 aliphatic heterocycles. The van der Waals surface area contributed by atoms with E-state index in [1.807, 2.05) is 0 Å². The van der Waals surface area contributed by atoms with E-state index in [9.17, 15) is 57.5 Å². The quantitative estimate of drug-likeness (QED) is 0.235. The third kappa shape index (κ3) is 7.73. The summed E-state index contributed by atoms with van der Waals surface area (Å²) >= 11 is 5.42. The van der Waals surface area contributed by atoms with Crippen LogP contribution in [0, 0.1) is 5.92 Å². The van der Waals surface area contributed by atoms with Crippen molar-refractivity contribution < 1.29 is 57.5 Å². The predicted molar refractivity (Wildman–Crippen MR) is 122 cm³/mol. The minimum atomic E-state index is -5.35. The van der Waals surface area contributed by atoms with Crippen molar-refractivity contribution in [3.63, 3.8) is 0 Å². The van der Waals surface area contributed by atoms with E-state index in [1.165, 1.54) is 0 Å². The Morgan fingerprint density at radius 2 is 1.48 bits per heavy atom. The van der Waals surface area contributed by atoms with Gasteiger partial charge in [0.05, 0.1) is 16.1 Å². The van der Waals surface area contributed by atoms with Crippen LogP contribution in [-0.4, -0.2) is 17.9 Å². The molecular weight excluding hydrogens is 592 g/mol. The second kappa shape index (κ2) is 11.3. The lowest BCUT2D eigenvalue weighted by Crippen LogP contribution is -2.26. The highest BCUT2D eigenvalue weighted by molar-refractivity contribution is 6.31. The van der Waals surface area contributed by atoms with Crippen LogP contribution in [0.3, 0.4) is 0 Å². The molecule has 0 aromatic heterocycles. The molecule has 0 amide bonds. The van der Waals surface area contributed by atoms with Gasteiger partial charge in [0.15, 0.2) is 5.78 Å². The first kappa shape index (κ1) is 31.8. The van der Waals surface area contributed by atoms with Crippen molar-refractivity contribution in [3.8, 4) is 0 Å². The maximum Gasteiger partial charge on any atom is 0.417 e. The van der Waals surface area contributed by atoms with E-state index in [0.717, 1.165) is 0 Å². The van der Waals surface area contributed by atoms with E-state index < -0.39 is 100.0 Å². The number of benzene rings is 2. The van der Waals surface area contributed by atoms with E-state index in [4.69, 9.17) is 11.6 Å². The van der Waals surface area contributed by atoms with Crippen LogP contribution in [0.25, 0.3) is 5.83 Å². The van der Waals surface area contributed by atoms with Gasteiger partial charge in [-0.2, -0.15) is 39.5 Å². The lowest BCUT2D eigenvalue weighted by atomic mass is 9.82. The fourth-order valence-electron chi connectivity index (χ4n) is 4.42. The molecular formula is C26H19ClF12O. The topological polar surface area (TPSA) is 17.1 Å². The molecule has 1 atom stereocenters. The van der Waals surface area contributed by atoms with Crippen LogP contribution < -0.4 is 0 Å². The predicted octanol–water partition coefficient (Wildman–Crippen LogP) is 10.4. The van der Waals surface area contributed by atoms with Gasteiger partial charge >= 0.3 is 18.5 Å². The number of carbonyl (C=O) groups excluding carboxylic acids is 1. The summed E-state index contributed by atoms with van der Waals surface area (Å²) in [4.78, 5) is 12.6. The van der Waals surface area contributed by atoms with E-state index in [0.29, 0.717) is 24.3 Å². The molecule has 0 N–H and O–H groups in total. The smallest absolute Gasteiger partial charge is 0.294 e. The highest BCUT2D eigenvalue weighted by Gasteiger charge is 2.43. The molecule has 0 bridgehead atoms. The summed E-state index contributed by atoms with van der Waals surface area (Å²) < 4.78 is 163.